The molecule has 0 aliphatic rings. The van der Waals surface area contributed by atoms with Crippen molar-refractivity contribution >= 4 is 17.2 Å². The largest absolute Gasteiger partial charge is 0.348 e. The molecule has 5 heteroatoms. The van der Waals surface area contributed by atoms with Crippen molar-refractivity contribution in [2.45, 2.75) is 39.8 Å². The Labute approximate surface area is 134 Å². The molecule has 0 aliphatic heterocycles. The van der Waals surface area contributed by atoms with Crippen LogP contribution in [0.15, 0.2) is 40.6 Å². The van der Waals surface area contributed by atoms with E-state index in [-0.39, 0.29) is 23.4 Å². The summed E-state index contributed by atoms with van der Waals surface area (Å²) in [5, 5.41) is 4.61. The minimum atomic E-state index is -0.153. The van der Waals surface area contributed by atoms with Gasteiger partial charge in [0.05, 0.1) is 6.04 Å². The van der Waals surface area contributed by atoms with Gasteiger partial charge in [0.25, 0.3) is 0 Å². The maximum Gasteiger partial charge on any atom is 0.307 e. The summed E-state index contributed by atoms with van der Waals surface area (Å²) in [6, 6.07) is 8.26. The van der Waals surface area contributed by atoms with Crippen molar-refractivity contribution in [1.82, 2.24) is 9.88 Å². The van der Waals surface area contributed by atoms with Crippen LogP contribution in [0.2, 0.25) is 0 Å². The average Bonchev–Trinajstić information content (AvgIpc) is 2.84. The lowest BCUT2D eigenvalue weighted by Crippen LogP contribution is -2.32. The Bertz CT molecular complexity index is 670. The molecule has 0 aliphatic carbocycles. The zero-order chi connectivity index (χ0) is 16.1. The third-order valence-electron chi connectivity index (χ3n) is 3.46. The number of hydrogen-bond donors (Lipinski definition) is 1. The van der Waals surface area contributed by atoms with Gasteiger partial charge in [-0.05, 0) is 30.4 Å². The fourth-order valence-electron chi connectivity index (χ4n) is 2.35. The molecule has 0 bridgehead atoms. The van der Waals surface area contributed by atoms with E-state index >= 15 is 0 Å². The fourth-order valence-corrected chi connectivity index (χ4v) is 2.93. The quantitative estimate of drug-likeness (QED) is 0.890. The molecule has 118 valence electrons. The Morgan fingerprint density at radius 1 is 1.23 bits per heavy atom. The Hall–Kier alpha value is -1.88. The molecule has 0 fully saturated rings. The predicted molar refractivity (Wildman–Crippen MR) is 90.1 cm³/mol. The molecule has 0 saturated carbocycles. The van der Waals surface area contributed by atoms with Gasteiger partial charge in [-0.3, -0.25) is 14.2 Å². The molecule has 1 aromatic carbocycles. The lowest BCUT2D eigenvalue weighted by atomic mass is 10.00. The number of nitrogens with one attached hydrogen (secondary N) is 1. The van der Waals surface area contributed by atoms with Crippen LogP contribution in [0.3, 0.4) is 0 Å². The van der Waals surface area contributed by atoms with E-state index in [9.17, 15) is 9.59 Å². The maximum absolute atomic E-state index is 12.0. The summed E-state index contributed by atoms with van der Waals surface area (Å²) in [6.07, 6.45) is 2.69. The fraction of sp³-hybridized carbons (Fsp3) is 0.412. The van der Waals surface area contributed by atoms with E-state index in [0.717, 1.165) is 23.3 Å². The second-order valence-corrected chi connectivity index (χ2v) is 6.78. The van der Waals surface area contributed by atoms with Crippen molar-refractivity contribution in [1.29, 1.82) is 0 Å². The highest BCUT2D eigenvalue weighted by Crippen LogP contribution is 2.15. The van der Waals surface area contributed by atoms with Crippen LogP contribution >= 0.6 is 11.3 Å². The van der Waals surface area contributed by atoms with E-state index in [4.69, 9.17) is 0 Å². The maximum atomic E-state index is 12.0. The molecule has 2 aromatic rings. The highest BCUT2D eigenvalue weighted by molar-refractivity contribution is 7.07. The molecule has 1 heterocycles. The van der Waals surface area contributed by atoms with Gasteiger partial charge < -0.3 is 5.32 Å². The number of hydrogen-bond acceptors (Lipinski definition) is 3. The van der Waals surface area contributed by atoms with Crippen LogP contribution in [0.4, 0.5) is 0 Å². The number of benzene rings is 1. The van der Waals surface area contributed by atoms with E-state index in [1.807, 2.05) is 6.92 Å². The third kappa shape index (κ3) is 4.56. The normalized spacial score (nSPS) is 12.4. The van der Waals surface area contributed by atoms with Gasteiger partial charge in [0.1, 0.15) is 6.54 Å². The molecule has 1 N–H and O–H groups in total. The number of nitrogens with zero attached hydrogens (tertiary/aromatic N) is 1. The third-order valence-corrected chi connectivity index (χ3v) is 4.15. The summed E-state index contributed by atoms with van der Waals surface area (Å²) in [4.78, 5) is 23.3. The standard InChI is InChI=1S/C17H22N2O2S/c1-12(2)10-14-4-6-15(7-5-14)13(3)18-16(20)11-19-8-9-22-17(19)21/h4-9,12-13H,10-11H2,1-3H3,(H,18,20). The Morgan fingerprint density at radius 3 is 2.45 bits per heavy atom. The molecular formula is C17H22N2O2S. The number of amides is 1. The van der Waals surface area contributed by atoms with Crippen LogP contribution in [0, 0.1) is 5.92 Å². The highest BCUT2D eigenvalue weighted by atomic mass is 32.1. The second-order valence-electron chi connectivity index (χ2n) is 5.93. The Balaban J connectivity index is 1.93. The van der Waals surface area contributed by atoms with Crippen LogP contribution in [0.5, 0.6) is 0 Å². The summed E-state index contributed by atoms with van der Waals surface area (Å²) in [5.74, 6) is 0.478. The van der Waals surface area contributed by atoms with Gasteiger partial charge in [-0.1, -0.05) is 49.4 Å². The second kappa shape index (κ2) is 7.40. The highest BCUT2D eigenvalue weighted by Gasteiger charge is 2.11. The Kier molecular flexibility index (Phi) is 5.55. The first-order valence-corrected chi connectivity index (χ1v) is 8.36. The molecule has 1 atom stereocenters. The summed E-state index contributed by atoms with van der Waals surface area (Å²) in [5.41, 5.74) is 2.38. The van der Waals surface area contributed by atoms with Gasteiger partial charge in [0.15, 0.2) is 0 Å². The van der Waals surface area contributed by atoms with Gasteiger partial charge >= 0.3 is 4.87 Å². The van der Waals surface area contributed by atoms with Gasteiger partial charge in [0.2, 0.25) is 5.91 Å². The van der Waals surface area contributed by atoms with Crippen molar-refractivity contribution in [3.63, 3.8) is 0 Å². The van der Waals surface area contributed by atoms with Crippen molar-refractivity contribution < 1.29 is 4.79 Å². The summed E-state index contributed by atoms with van der Waals surface area (Å²) in [7, 11) is 0. The smallest absolute Gasteiger partial charge is 0.307 e. The molecule has 0 saturated heterocycles. The number of carbonyl (C=O) groups excluding carboxylic acids is 1. The van der Waals surface area contributed by atoms with E-state index in [0.29, 0.717) is 5.92 Å². The zero-order valence-electron chi connectivity index (χ0n) is 13.2. The van der Waals surface area contributed by atoms with E-state index in [1.54, 1.807) is 11.6 Å². The van der Waals surface area contributed by atoms with Crippen LogP contribution in [-0.2, 0) is 17.8 Å². The van der Waals surface area contributed by atoms with Crippen LogP contribution < -0.4 is 10.2 Å². The first-order valence-electron chi connectivity index (χ1n) is 7.48. The molecule has 2 rings (SSSR count). The van der Waals surface area contributed by atoms with Gasteiger partial charge in [-0.15, -0.1) is 0 Å². The summed E-state index contributed by atoms with van der Waals surface area (Å²) >= 11 is 1.10. The van der Waals surface area contributed by atoms with Gasteiger partial charge in [0, 0.05) is 11.6 Å². The molecule has 1 aromatic heterocycles. The van der Waals surface area contributed by atoms with Crippen LogP contribution in [-0.4, -0.2) is 10.5 Å². The lowest BCUT2D eigenvalue weighted by Gasteiger charge is -2.15. The van der Waals surface area contributed by atoms with Crippen LogP contribution in [0.25, 0.3) is 0 Å². The minimum absolute atomic E-state index is 0.0676. The molecule has 1 unspecified atom stereocenters. The minimum Gasteiger partial charge on any atom is -0.348 e. The molecule has 0 radical (unpaired) electrons. The predicted octanol–water partition coefficient (Wildman–Crippen LogP) is 2.99. The molecule has 4 nitrogen and oxygen atoms in total. The lowest BCUT2D eigenvalue weighted by molar-refractivity contribution is -0.122. The first-order chi connectivity index (χ1) is 10.5. The molecule has 22 heavy (non-hydrogen) atoms. The van der Waals surface area contributed by atoms with Crippen molar-refractivity contribution in [3.05, 3.63) is 56.6 Å². The number of aromatic nitrogens is 1. The van der Waals surface area contributed by atoms with E-state index in [1.165, 1.54) is 10.1 Å². The molecule has 1 amide bonds. The zero-order valence-corrected chi connectivity index (χ0v) is 14.0. The van der Waals surface area contributed by atoms with Crippen molar-refractivity contribution in [3.8, 4) is 0 Å². The average molecular weight is 318 g/mol. The topological polar surface area (TPSA) is 51.1 Å². The first kappa shape index (κ1) is 16.5. The van der Waals surface area contributed by atoms with Crippen molar-refractivity contribution in [2.75, 3.05) is 0 Å². The Morgan fingerprint density at radius 2 is 1.91 bits per heavy atom. The van der Waals surface area contributed by atoms with E-state index in [2.05, 4.69) is 43.4 Å². The monoisotopic (exact) mass is 318 g/mol. The van der Waals surface area contributed by atoms with Crippen LogP contribution in [0.1, 0.15) is 37.9 Å². The summed E-state index contributed by atoms with van der Waals surface area (Å²) < 4.78 is 1.42. The SMILES string of the molecule is CC(C)Cc1ccc(C(C)NC(=O)Cn2ccsc2=O)cc1. The number of carbonyl (C=O) groups is 1. The molecule has 0 spiro atoms. The number of thiazole rings is 1. The van der Waals surface area contributed by atoms with Gasteiger partial charge in [-0.25, -0.2) is 0 Å². The van der Waals surface area contributed by atoms with Crippen molar-refractivity contribution in [2.24, 2.45) is 5.92 Å². The van der Waals surface area contributed by atoms with Gasteiger partial charge in [-0.2, -0.15) is 0 Å². The summed E-state index contributed by atoms with van der Waals surface area (Å²) in [6.45, 7) is 6.41. The molecular weight excluding hydrogens is 296 g/mol. The number of rotatable bonds is 6. The van der Waals surface area contributed by atoms with E-state index < -0.39 is 0 Å².